The fraction of sp³-hybridized carbons (Fsp3) is 0.462. The fourth-order valence-electron chi connectivity index (χ4n) is 3.04. The van der Waals surface area contributed by atoms with Gasteiger partial charge in [-0.25, -0.2) is 0 Å². The molecule has 0 saturated carbocycles. The fourth-order valence-corrected chi connectivity index (χ4v) is 6.28. The lowest BCUT2D eigenvalue weighted by Gasteiger charge is -2.20. The maximum atomic E-state index is 12.4. The largest absolute Gasteiger partial charge is 0.347 e. The second kappa shape index (κ2) is 6.09. The summed E-state index contributed by atoms with van der Waals surface area (Å²) in [6.45, 7) is 0. The Bertz CT molecular complexity index is 703. The summed E-state index contributed by atoms with van der Waals surface area (Å²) in [5, 5.41) is 14.4. The summed E-state index contributed by atoms with van der Waals surface area (Å²) in [5.41, 5.74) is 0. The van der Waals surface area contributed by atoms with Gasteiger partial charge < -0.3 is 10.6 Å². The molecule has 2 aromatic heterocycles. The zero-order chi connectivity index (χ0) is 15.1. The normalized spacial score (nSPS) is 26.5. The van der Waals surface area contributed by atoms with Crippen LogP contribution in [0.2, 0.25) is 4.47 Å². The van der Waals surface area contributed by atoms with Crippen molar-refractivity contribution in [3.63, 3.8) is 0 Å². The van der Waals surface area contributed by atoms with Crippen molar-refractivity contribution in [1.29, 1.82) is 0 Å². The van der Waals surface area contributed by atoms with Crippen LogP contribution in [0.1, 0.15) is 28.9 Å². The number of rotatable bonds is 4. The van der Waals surface area contributed by atoms with Crippen LogP contribution in [0.25, 0.3) is 0 Å². The Morgan fingerprint density at radius 3 is 2.95 bits per heavy atom. The van der Waals surface area contributed by atoms with Crippen molar-refractivity contribution in [2.24, 2.45) is 0 Å². The first kappa shape index (κ1) is 14.9. The molecule has 2 aliphatic rings. The second-order valence-electron chi connectivity index (χ2n) is 5.40. The number of thiophene rings is 1. The van der Waals surface area contributed by atoms with Crippen molar-refractivity contribution in [3.8, 4) is 0 Å². The van der Waals surface area contributed by atoms with Crippen molar-refractivity contribution < 1.29 is 4.79 Å². The minimum absolute atomic E-state index is 0.0199. The van der Waals surface area contributed by atoms with E-state index < -0.39 is 0 Å². The van der Waals surface area contributed by atoms with Crippen molar-refractivity contribution in [3.05, 3.63) is 21.5 Å². The standard InChI is InChI=1S/C13H13ClN4OS3/c14-12-17-18-13(22-12)21-10-4-3-9(20-10)11(19)16-8-5-6-1-2-7(8)15-6/h3-4,6-8,15H,1-2,5H2,(H,16,19). The predicted molar refractivity (Wildman–Crippen MR) is 89.2 cm³/mol. The first-order valence-corrected chi connectivity index (χ1v) is 9.84. The third kappa shape index (κ3) is 3.03. The Balaban J connectivity index is 1.39. The van der Waals surface area contributed by atoms with Gasteiger partial charge in [-0.2, -0.15) is 0 Å². The molecule has 22 heavy (non-hydrogen) atoms. The highest BCUT2D eigenvalue weighted by atomic mass is 35.5. The summed E-state index contributed by atoms with van der Waals surface area (Å²) in [7, 11) is 0. The number of halogens is 1. The van der Waals surface area contributed by atoms with Crippen LogP contribution in [0.4, 0.5) is 0 Å². The van der Waals surface area contributed by atoms with Gasteiger partial charge in [-0.1, -0.05) is 11.3 Å². The van der Waals surface area contributed by atoms with Crippen molar-refractivity contribution in [2.75, 3.05) is 0 Å². The molecule has 2 N–H and O–H groups in total. The molecule has 116 valence electrons. The number of hydrogen-bond donors (Lipinski definition) is 2. The summed E-state index contributed by atoms with van der Waals surface area (Å²) >= 11 is 10.1. The maximum Gasteiger partial charge on any atom is 0.261 e. The van der Waals surface area contributed by atoms with Gasteiger partial charge in [0.15, 0.2) is 4.34 Å². The smallest absolute Gasteiger partial charge is 0.261 e. The Morgan fingerprint density at radius 1 is 1.36 bits per heavy atom. The number of nitrogens with zero attached hydrogens (tertiary/aromatic N) is 2. The Kier molecular flexibility index (Phi) is 4.12. The summed E-state index contributed by atoms with van der Waals surface area (Å²) in [6, 6.07) is 5.12. The highest BCUT2D eigenvalue weighted by molar-refractivity contribution is 8.02. The molecule has 3 unspecified atom stereocenters. The number of fused-ring (bicyclic) bond motifs is 2. The SMILES string of the molecule is O=C(NC1CC2CCC1N2)c1ccc(Sc2nnc(Cl)s2)s1. The molecular weight excluding hydrogens is 360 g/mol. The molecular formula is C13H13ClN4OS3. The minimum Gasteiger partial charge on any atom is -0.347 e. The summed E-state index contributed by atoms with van der Waals surface area (Å²) in [4.78, 5) is 13.1. The molecule has 2 saturated heterocycles. The summed E-state index contributed by atoms with van der Waals surface area (Å²) < 4.78 is 2.24. The van der Waals surface area contributed by atoms with Crippen molar-refractivity contribution in [2.45, 2.75) is 45.9 Å². The van der Waals surface area contributed by atoms with Crippen LogP contribution < -0.4 is 10.6 Å². The van der Waals surface area contributed by atoms with E-state index in [4.69, 9.17) is 11.6 Å². The zero-order valence-corrected chi connectivity index (χ0v) is 14.6. The molecule has 2 bridgehead atoms. The molecule has 2 fully saturated rings. The number of hydrogen-bond acceptors (Lipinski definition) is 7. The molecule has 9 heteroatoms. The van der Waals surface area contributed by atoms with Crippen LogP contribution in [0.5, 0.6) is 0 Å². The van der Waals surface area contributed by atoms with Gasteiger partial charge in [0, 0.05) is 18.1 Å². The van der Waals surface area contributed by atoms with Gasteiger partial charge in [0.2, 0.25) is 4.47 Å². The molecule has 4 rings (SSSR count). The average molecular weight is 373 g/mol. The Labute approximate surface area is 144 Å². The van der Waals surface area contributed by atoms with Gasteiger partial charge >= 0.3 is 0 Å². The second-order valence-corrected chi connectivity index (χ2v) is 9.60. The number of carbonyl (C=O) groups excluding carboxylic acids is 1. The van der Waals surface area contributed by atoms with Crippen LogP contribution >= 0.6 is 46.0 Å². The maximum absolute atomic E-state index is 12.4. The Hall–Kier alpha value is -0.670. The number of nitrogens with one attached hydrogen (secondary N) is 2. The topological polar surface area (TPSA) is 66.9 Å². The lowest BCUT2D eigenvalue weighted by molar-refractivity contribution is 0.0935. The van der Waals surface area contributed by atoms with E-state index in [1.165, 1.54) is 47.3 Å². The number of amides is 1. The Morgan fingerprint density at radius 2 is 2.27 bits per heavy atom. The summed E-state index contributed by atoms with van der Waals surface area (Å²) in [6.07, 6.45) is 3.45. The third-order valence-electron chi connectivity index (χ3n) is 3.99. The molecule has 4 heterocycles. The van der Waals surface area contributed by atoms with Crippen LogP contribution in [0.3, 0.4) is 0 Å². The summed E-state index contributed by atoms with van der Waals surface area (Å²) in [5.74, 6) is 0.0199. The van der Waals surface area contributed by atoms with Crippen LogP contribution in [0.15, 0.2) is 20.7 Å². The minimum atomic E-state index is 0.0199. The van der Waals surface area contributed by atoms with Crippen molar-refractivity contribution in [1.82, 2.24) is 20.8 Å². The average Bonchev–Trinajstić information content (AvgIpc) is 3.24. The first-order valence-electron chi connectivity index (χ1n) is 7.01. The van der Waals surface area contributed by atoms with E-state index in [1.54, 1.807) is 0 Å². The molecule has 0 spiro atoms. The molecule has 0 aromatic carbocycles. The lowest BCUT2D eigenvalue weighted by atomic mass is 9.95. The van der Waals surface area contributed by atoms with Gasteiger partial charge in [0.25, 0.3) is 5.91 Å². The van der Waals surface area contributed by atoms with Gasteiger partial charge in [0.05, 0.1) is 9.09 Å². The van der Waals surface area contributed by atoms with E-state index in [1.807, 2.05) is 12.1 Å². The van der Waals surface area contributed by atoms with E-state index in [2.05, 4.69) is 20.8 Å². The molecule has 1 amide bonds. The van der Waals surface area contributed by atoms with Crippen LogP contribution in [0, 0.1) is 0 Å². The van der Waals surface area contributed by atoms with Crippen LogP contribution in [-0.2, 0) is 0 Å². The van der Waals surface area contributed by atoms with E-state index in [9.17, 15) is 4.79 Å². The highest BCUT2D eigenvalue weighted by Gasteiger charge is 2.39. The van der Waals surface area contributed by atoms with Crippen molar-refractivity contribution >= 4 is 51.9 Å². The zero-order valence-electron chi connectivity index (χ0n) is 11.4. The van der Waals surface area contributed by atoms with E-state index >= 15 is 0 Å². The number of aromatic nitrogens is 2. The van der Waals surface area contributed by atoms with E-state index in [0.29, 0.717) is 16.6 Å². The molecule has 3 atom stereocenters. The third-order valence-corrected chi connectivity index (χ3v) is 7.28. The first-order chi connectivity index (χ1) is 10.7. The molecule has 0 radical (unpaired) electrons. The van der Waals surface area contributed by atoms with Gasteiger partial charge in [-0.05, 0) is 54.8 Å². The van der Waals surface area contributed by atoms with Gasteiger partial charge in [-0.3, -0.25) is 4.79 Å². The van der Waals surface area contributed by atoms with E-state index in [0.717, 1.165) is 19.8 Å². The van der Waals surface area contributed by atoms with Gasteiger partial charge in [-0.15, -0.1) is 21.5 Å². The monoisotopic (exact) mass is 372 g/mol. The molecule has 2 aliphatic heterocycles. The van der Waals surface area contributed by atoms with Crippen LogP contribution in [-0.4, -0.2) is 34.2 Å². The molecule has 5 nitrogen and oxygen atoms in total. The highest BCUT2D eigenvalue weighted by Crippen LogP contribution is 2.36. The quantitative estimate of drug-likeness (QED) is 0.863. The van der Waals surface area contributed by atoms with E-state index in [-0.39, 0.29) is 11.9 Å². The predicted octanol–water partition coefficient (Wildman–Crippen LogP) is 3.03. The lowest BCUT2D eigenvalue weighted by Crippen LogP contribution is -2.42. The van der Waals surface area contributed by atoms with Gasteiger partial charge in [0.1, 0.15) is 0 Å². The molecule has 2 aromatic rings. The number of carbonyl (C=O) groups is 1. The molecule has 0 aliphatic carbocycles.